The van der Waals surface area contributed by atoms with E-state index in [-0.39, 0.29) is 11.2 Å². The first-order valence-corrected chi connectivity index (χ1v) is 9.89. The van der Waals surface area contributed by atoms with Crippen molar-refractivity contribution in [2.45, 2.75) is 26.7 Å². The van der Waals surface area contributed by atoms with E-state index in [0.29, 0.717) is 28.2 Å². The molecule has 0 radical (unpaired) electrons. The highest BCUT2D eigenvalue weighted by molar-refractivity contribution is 7.12. The van der Waals surface area contributed by atoms with Crippen LogP contribution in [0.5, 0.6) is 0 Å². The Morgan fingerprint density at radius 3 is 2.71 bits per heavy atom. The van der Waals surface area contributed by atoms with E-state index < -0.39 is 5.97 Å². The highest BCUT2D eigenvalue weighted by atomic mass is 32.1. The number of anilines is 2. The number of carbonyl (C=O) groups is 2. The molecule has 1 aliphatic rings. The Bertz CT molecular complexity index is 1050. The van der Waals surface area contributed by atoms with Gasteiger partial charge in [-0.2, -0.15) is 0 Å². The monoisotopic (exact) mass is 395 g/mol. The Labute approximate surface area is 167 Å². The Balaban J connectivity index is 1.86. The average molecular weight is 395 g/mol. The van der Waals surface area contributed by atoms with Gasteiger partial charge in [0.25, 0.3) is 0 Å². The molecule has 0 amide bonds. The number of nitrogens with one attached hydrogen (secondary N) is 2. The first kappa shape index (κ1) is 18.4. The first-order chi connectivity index (χ1) is 13.4. The van der Waals surface area contributed by atoms with Gasteiger partial charge in [0.05, 0.1) is 29.7 Å². The highest BCUT2D eigenvalue weighted by Gasteiger charge is 2.36. The summed E-state index contributed by atoms with van der Waals surface area (Å²) in [7, 11) is 1.36. The lowest BCUT2D eigenvalue weighted by molar-refractivity contribution is 0.0607. The van der Waals surface area contributed by atoms with Gasteiger partial charge in [0, 0.05) is 30.1 Å². The van der Waals surface area contributed by atoms with Crippen LogP contribution in [0.15, 0.2) is 36.0 Å². The number of aromatic nitrogens is 2. The second-order valence-corrected chi connectivity index (χ2v) is 8.60. The number of ether oxygens (including phenoxy) is 1. The maximum absolute atomic E-state index is 13.0. The van der Waals surface area contributed by atoms with Crippen molar-refractivity contribution in [3.05, 3.63) is 52.1 Å². The van der Waals surface area contributed by atoms with Crippen molar-refractivity contribution in [3.63, 3.8) is 0 Å². The molecule has 0 bridgehead atoms. The van der Waals surface area contributed by atoms with Crippen LogP contribution >= 0.6 is 11.3 Å². The largest absolute Gasteiger partial charge is 0.465 e. The third-order valence-corrected chi connectivity index (χ3v) is 5.81. The third-order valence-electron chi connectivity index (χ3n) is 4.92. The molecule has 0 spiro atoms. The summed E-state index contributed by atoms with van der Waals surface area (Å²) in [6.45, 7) is 4.20. The molecule has 0 unspecified atom stereocenters. The van der Waals surface area contributed by atoms with E-state index in [4.69, 9.17) is 4.74 Å². The number of fused-ring (bicyclic) bond motifs is 1. The summed E-state index contributed by atoms with van der Waals surface area (Å²) in [6.07, 6.45) is 4.70. The molecule has 3 aromatic rings. The number of rotatable bonds is 4. The summed E-state index contributed by atoms with van der Waals surface area (Å²) in [5.74, 6) is -0.306. The predicted molar refractivity (Wildman–Crippen MR) is 109 cm³/mol. The van der Waals surface area contributed by atoms with E-state index in [1.54, 1.807) is 12.4 Å². The minimum Gasteiger partial charge on any atom is -0.465 e. The topological polar surface area (TPSA) is 84.1 Å². The average Bonchev–Trinajstić information content (AvgIpc) is 3.26. The van der Waals surface area contributed by atoms with Gasteiger partial charge in [0.15, 0.2) is 5.78 Å². The van der Waals surface area contributed by atoms with Gasteiger partial charge in [0.2, 0.25) is 0 Å². The molecule has 2 N–H and O–H groups in total. The van der Waals surface area contributed by atoms with E-state index in [2.05, 4.69) is 29.1 Å². The normalized spacial score (nSPS) is 15.2. The molecule has 0 aromatic carbocycles. The zero-order valence-electron chi connectivity index (χ0n) is 16.0. The lowest BCUT2D eigenvalue weighted by Gasteiger charge is -2.28. The van der Waals surface area contributed by atoms with Crippen molar-refractivity contribution in [2.75, 3.05) is 12.4 Å². The number of methoxy groups -OCH3 is 1. The number of pyridine rings is 1. The van der Waals surface area contributed by atoms with Gasteiger partial charge in [-0.15, -0.1) is 11.3 Å². The quantitative estimate of drug-likeness (QED) is 0.619. The fourth-order valence-corrected chi connectivity index (χ4v) is 4.48. The van der Waals surface area contributed by atoms with Crippen LogP contribution in [-0.2, 0) is 11.2 Å². The van der Waals surface area contributed by atoms with Crippen molar-refractivity contribution in [3.8, 4) is 11.3 Å². The minimum absolute atomic E-state index is 0.0960. The van der Waals surface area contributed by atoms with E-state index in [0.717, 1.165) is 23.4 Å². The number of aromatic amines is 1. The number of nitrogens with zero attached hydrogens (tertiary/aromatic N) is 1. The molecule has 0 atom stereocenters. The summed E-state index contributed by atoms with van der Waals surface area (Å²) in [6, 6.07) is 5.61. The Kier molecular flexibility index (Phi) is 4.55. The number of hydrogen-bond donors (Lipinski definition) is 2. The van der Waals surface area contributed by atoms with Gasteiger partial charge in [-0.25, -0.2) is 4.79 Å². The molecular weight excluding hydrogens is 374 g/mol. The number of ketones is 1. The molecule has 0 saturated heterocycles. The predicted octanol–water partition coefficient (Wildman–Crippen LogP) is 4.82. The first-order valence-electron chi connectivity index (χ1n) is 9.01. The molecule has 4 rings (SSSR count). The van der Waals surface area contributed by atoms with E-state index in [9.17, 15) is 9.59 Å². The van der Waals surface area contributed by atoms with E-state index >= 15 is 0 Å². The Morgan fingerprint density at radius 2 is 2.00 bits per heavy atom. The molecule has 0 saturated carbocycles. The van der Waals surface area contributed by atoms with Gasteiger partial charge in [-0.3, -0.25) is 9.78 Å². The maximum Gasteiger partial charge on any atom is 0.350 e. The van der Waals surface area contributed by atoms with Crippen molar-refractivity contribution < 1.29 is 14.3 Å². The van der Waals surface area contributed by atoms with Crippen molar-refractivity contribution in [1.29, 1.82) is 0 Å². The second kappa shape index (κ2) is 6.91. The lowest BCUT2D eigenvalue weighted by atomic mass is 9.76. The van der Waals surface area contributed by atoms with Crippen LogP contribution in [0.3, 0.4) is 0 Å². The van der Waals surface area contributed by atoms with Crippen LogP contribution in [-0.4, -0.2) is 28.8 Å². The van der Waals surface area contributed by atoms with Gasteiger partial charge in [-0.05, 0) is 35.4 Å². The Morgan fingerprint density at radius 1 is 1.25 bits per heavy atom. The number of H-pyrrole nitrogens is 1. The SMILES string of the molecule is COC(=O)c1sccc1Nc1c(-c2ccncc2)[nH]c2c1C(=O)CC(C)(C)C2. The number of carbonyl (C=O) groups excluding carboxylic acids is 2. The molecule has 3 heterocycles. The van der Waals surface area contributed by atoms with Crippen molar-refractivity contribution in [2.24, 2.45) is 5.41 Å². The van der Waals surface area contributed by atoms with Crippen LogP contribution in [0.1, 0.15) is 46.0 Å². The zero-order chi connectivity index (χ0) is 19.9. The summed E-state index contributed by atoms with van der Waals surface area (Å²) >= 11 is 1.30. The third kappa shape index (κ3) is 3.22. The molecule has 3 aromatic heterocycles. The van der Waals surface area contributed by atoms with Crippen molar-refractivity contribution >= 4 is 34.5 Å². The Hall–Kier alpha value is -2.93. The van der Waals surface area contributed by atoms with Crippen LogP contribution in [0.4, 0.5) is 11.4 Å². The van der Waals surface area contributed by atoms with E-state index in [1.165, 1.54) is 18.4 Å². The number of thiophene rings is 1. The number of esters is 1. The molecule has 1 aliphatic carbocycles. The van der Waals surface area contributed by atoms with Crippen molar-refractivity contribution in [1.82, 2.24) is 9.97 Å². The second-order valence-electron chi connectivity index (χ2n) is 7.69. The molecule has 0 aliphatic heterocycles. The van der Waals surface area contributed by atoms with Gasteiger partial charge < -0.3 is 15.0 Å². The molecule has 144 valence electrons. The molecule has 6 nitrogen and oxygen atoms in total. The summed E-state index contributed by atoms with van der Waals surface area (Å²) in [4.78, 5) is 33.1. The molecule has 28 heavy (non-hydrogen) atoms. The van der Waals surface area contributed by atoms with Crippen LogP contribution in [0.25, 0.3) is 11.3 Å². The van der Waals surface area contributed by atoms with E-state index in [1.807, 2.05) is 23.6 Å². The zero-order valence-corrected chi connectivity index (χ0v) is 16.8. The summed E-state index contributed by atoms with van der Waals surface area (Å²) in [5, 5.41) is 5.16. The molecular formula is C21H21N3O3S. The number of hydrogen-bond acceptors (Lipinski definition) is 6. The number of Topliss-reactive ketones (excluding diaryl/α,β-unsaturated/α-hetero) is 1. The minimum atomic E-state index is -0.403. The maximum atomic E-state index is 13.0. The smallest absolute Gasteiger partial charge is 0.350 e. The fourth-order valence-electron chi connectivity index (χ4n) is 3.71. The van der Waals surface area contributed by atoms with Crippen LogP contribution in [0, 0.1) is 5.41 Å². The highest BCUT2D eigenvalue weighted by Crippen LogP contribution is 2.43. The van der Waals surface area contributed by atoms with Crippen LogP contribution < -0.4 is 5.32 Å². The van der Waals surface area contributed by atoms with Gasteiger partial charge in [0.1, 0.15) is 4.88 Å². The molecule has 7 heteroatoms. The van der Waals surface area contributed by atoms with Gasteiger partial charge >= 0.3 is 5.97 Å². The van der Waals surface area contributed by atoms with Crippen LogP contribution in [0.2, 0.25) is 0 Å². The summed E-state index contributed by atoms with van der Waals surface area (Å²) < 4.78 is 4.88. The summed E-state index contributed by atoms with van der Waals surface area (Å²) in [5.41, 5.74) is 4.57. The fraction of sp³-hybridized carbons (Fsp3) is 0.286. The standard InChI is InChI=1S/C21H21N3O3S/c1-21(2)10-14-16(15(25)11-21)18(17(24-14)12-4-7-22-8-5-12)23-13-6-9-28-19(13)20(26)27-3/h4-9,23-24H,10-11H2,1-3H3. The molecule has 0 fully saturated rings. The van der Waals surface area contributed by atoms with Gasteiger partial charge in [-0.1, -0.05) is 13.8 Å². The lowest BCUT2D eigenvalue weighted by Crippen LogP contribution is -2.26.